The highest BCUT2D eigenvalue weighted by molar-refractivity contribution is 9.10. The quantitative estimate of drug-likeness (QED) is 0.811. The van der Waals surface area contributed by atoms with E-state index in [1.54, 1.807) is 0 Å². The van der Waals surface area contributed by atoms with Crippen LogP contribution in [0.3, 0.4) is 0 Å². The molecule has 0 fully saturated rings. The Morgan fingerprint density at radius 2 is 1.90 bits per heavy atom. The minimum absolute atomic E-state index is 0.0973. The molecule has 0 radical (unpaired) electrons. The molecule has 0 saturated heterocycles. The molecular weight excluding hydrogens is 354 g/mol. The second kappa shape index (κ2) is 7.48. The van der Waals surface area contributed by atoms with Crippen molar-refractivity contribution in [2.45, 2.75) is 13.0 Å². The summed E-state index contributed by atoms with van der Waals surface area (Å²) >= 11 is 9.45. The Hall–Kier alpha value is -1.52. The Morgan fingerprint density at radius 3 is 2.52 bits per heavy atom. The molecule has 0 aromatic heterocycles. The summed E-state index contributed by atoms with van der Waals surface area (Å²) in [6.45, 7) is 1.07. The van der Waals surface area contributed by atoms with Gasteiger partial charge in [0.25, 0.3) is 0 Å². The summed E-state index contributed by atoms with van der Waals surface area (Å²) in [5.41, 5.74) is 2.06. The van der Waals surface area contributed by atoms with Crippen molar-refractivity contribution in [1.82, 2.24) is 0 Å². The normalized spacial score (nSPS) is 10.4. The number of aliphatic carboxylic acids is 1. The second-order valence-corrected chi connectivity index (χ2v) is 5.93. The molecule has 0 aliphatic rings. The third-order valence-corrected chi connectivity index (χ3v) is 4.07. The molecule has 5 heteroatoms. The van der Waals surface area contributed by atoms with Crippen LogP contribution in [0.1, 0.15) is 12.0 Å². The van der Waals surface area contributed by atoms with E-state index in [9.17, 15) is 4.79 Å². The third kappa shape index (κ3) is 4.76. The minimum atomic E-state index is -0.800. The molecule has 0 bridgehead atoms. The maximum atomic E-state index is 10.8. The van der Waals surface area contributed by atoms with E-state index in [1.165, 1.54) is 0 Å². The van der Waals surface area contributed by atoms with E-state index in [2.05, 4.69) is 15.9 Å². The minimum Gasteiger partial charge on any atom is -0.481 e. The maximum absolute atomic E-state index is 10.8. The number of para-hydroxylation sites is 1. The predicted octanol–water partition coefficient (Wildman–Crippen LogP) is 4.58. The van der Waals surface area contributed by atoms with Gasteiger partial charge < -0.3 is 10.0 Å². The number of hydrogen-bond donors (Lipinski definition) is 1. The zero-order valence-electron chi connectivity index (χ0n) is 11.3. The molecule has 0 saturated carbocycles. The average Bonchev–Trinajstić information content (AvgIpc) is 2.46. The molecule has 2 aromatic carbocycles. The van der Waals surface area contributed by atoms with Crippen LogP contribution in [0, 0.1) is 0 Å². The van der Waals surface area contributed by atoms with E-state index < -0.39 is 5.97 Å². The summed E-state index contributed by atoms with van der Waals surface area (Å²) in [6.07, 6.45) is 0.0973. The highest BCUT2D eigenvalue weighted by Gasteiger charge is 2.11. The van der Waals surface area contributed by atoms with E-state index in [4.69, 9.17) is 16.7 Å². The molecule has 2 rings (SSSR count). The molecule has 0 amide bonds. The fourth-order valence-electron chi connectivity index (χ4n) is 2.02. The molecular formula is C16H15BrClNO2. The van der Waals surface area contributed by atoms with Gasteiger partial charge in [-0.3, -0.25) is 4.79 Å². The Morgan fingerprint density at radius 1 is 1.19 bits per heavy atom. The number of anilines is 1. The van der Waals surface area contributed by atoms with Crippen molar-refractivity contribution in [2.75, 3.05) is 11.4 Å². The van der Waals surface area contributed by atoms with Crippen molar-refractivity contribution in [3.63, 3.8) is 0 Å². The molecule has 0 aliphatic carbocycles. The summed E-state index contributed by atoms with van der Waals surface area (Å²) in [7, 11) is 0. The van der Waals surface area contributed by atoms with Gasteiger partial charge in [-0.25, -0.2) is 0 Å². The van der Waals surface area contributed by atoms with E-state index in [1.807, 2.05) is 53.4 Å². The lowest BCUT2D eigenvalue weighted by Gasteiger charge is -2.25. The van der Waals surface area contributed by atoms with Crippen LogP contribution < -0.4 is 4.90 Å². The summed E-state index contributed by atoms with van der Waals surface area (Å²) < 4.78 is 0.922. The maximum Gasteiger partial charge on any atom is 0.305 e. The highest BCUT2D eigenvalue weighted by Crippen LogP contribution is 2.25. The van der Waals surface area contributed by atoms with E-state index >= 15 is 0 Å². The van der Waals surface area contributed by atoms with Crippen LogP contribution in [-0.2, 0) is 11.3 Å². The lowest BCUT2D eigenvalue weighted by Crippen LogP contribution is -2.25. The third-order valence-electron chi connectivity index (χ3n) is 3.09. The van der Waals surface area contributed by atoms with Gasteiger partial charge in [0.1, 0.15) is 0 Å². The van der Waals surface area contributed by atoms with Gasteiger partial charge in [-0.1, -0.05) is 51.8 Å². The van der Waals surface area contributed by atoms with Gasteiger partial charge in [-0.2, -0.15) is 0 Å². The summed E-state index contributed by atoms with van der Waals surface area (Å²) in [4.78, 5) is 12.9. The fourth-order valence-corrected chi connectivity index (χ4v) is 2.83. The monoisotopic (exact) mass is 367 g/mol. The zero-order valence-corrected chi connectivity index (χ0v) is 13.6. The van der Waals surface area contributed by atoms with Crippen LogP contribution in [0.25, 0.3) is 0 Å². The first-order valence-electron chi connectivity index (χ1n) is 6.52. The SMILES string of the molecule is O=C(O)CCN(Cc1ccc(Cl)cc1Br)c1ccccc1. The standard InChI is InChI=1S/C16H15BrClNO2/c17-15-10-13(18)7-6-12(15)11-19(9-8-16(20)21)14-4-2-1-3-5-14/h1-7,10H,8-9,11H2,(H,20,21). The largest absolute Gasteiger partial charge is 0.481 e. The van der Waals surface area contributed by atoms with Crippen molar-refractivity contribution >= 4 is 39.2 Å². The molecule has 0 aliphatic heterocycles. The highest BCUT2D eigenvalue weighted by atomic mass is 79.9. The number of benzene rings is 2. The first-order valence-corrected chi connectivity index (χ1v) is 7.69. The number of nitrogens with zero attached hydrogens (tertiary/aromatic N) is 1. The predicted molar refractivity (Wildman–Crippen MR) is 88.9 cm³/mol. The van der Waals surface area contributed by atoms with Crippen molar-refractivity contribution < 1.29 is 9.90 Å². The van der Waals surface area contributed by atoms with Crippen LogP contribution in [-0.4, -0.2) is 17.6 Å². The first-order chi connectivity index (χ1) is 10.1. The van der Waals surface area contributed by atoms with Crippen LogP contribution >= 0.6 is 27.5 Å². The lowest BCUT2D eigenvalue weighted by molar-refractivity contribution is -0.136. The molecule has 0 heterocycles. The number of hydrogen-bond acceptors (Lipinski definition) is 2. The Kier molecular flexibility index (Phi) is 5.65. The Bertz CT molecular complexity index is 619. The van der Waals surface area contributed by atoms with Crippen molar-refractivity contribution in [3.8, 4) is 0 Å². The Balaban J connectivity index is 2.21. The molecule has 0 atom stereocenters. The van der Waals surface area contributed by atoms with Crippen LogP contribution in [0.2, 0.25) is 5.02 Å². The molecule has 0 unspecified atom stereocenters. The number of carboxylic acid groups (broad SMARTS) is 1. The molecule has 3 nitrogen and oxygen atoms in total. The van der Waals surface area contributed by atoms with E-state index in [0.29, 0.717) is 18.1 Å². The van der Waals surface area contributed by atoms with Crippen LogP contribution in [0.5, 0.6) is 0 Å². The van der Waals surface area contributed by atoms with Crippen molar-refractivity contribution in [3.05, 3.63) is 63.6 Å². The smallest absolute Gasteiger partial charge is 0.305 e. The number of rotatable bonds is 6. The first kappa shape index (κ1) is 15.9. The summed E-state index contributed by atoms with van der Waals surface area (Å²) in [5, 5.41) is 9.58. The lowest BCUT2D eigenvalue weighted by atomic mass is 10.2. The van der Waals surface area contributed by atoms with Gasteiger partial charge in [-0.05, 0) is 29.8 Å². The van der Waals surface area contributed by atoms with Gasteiger partial charge in [0, 0.05) is 28.3 Å². The average molecular weight is 369 g/mol. The van der Waals surface area contributed by atoms with E-state index in [-0.39, 0.29) is 6.42 Å². The molecule has 21 heavy (non-hydrogen) atoms. The Labute approximate surface area is 137 Å². The second-order valence-electron chi connectivity index (χ2n) is 4.64. The molecule has 1 N–H and O–H groups in total. The van der Waals surface area contributed by atoms with Crippen LogP contribution in [0.15, 0.2) is 53.0 Å². The van der Waals surface area contributed by atoms with Gasteiger partial charge >= 0.3 is 5.97 Å². The van der Waals surface area contributed by atoms with E-state index in [0.717, 1.165) is 15.7 Å². The van der Waals surface area contributed by atoms with Gasteiger partial charge in [0.2, 0.25) is 0 Å². The van der Waals surface area contributed by atoms with Gasteiger partial charge in [-0.15, -0.1) is 0 Å². The van der Waals surface area contributed by atoms with Crippen LogP contribution in [0.4, 0.5) is 5.69 Å². The fraction of sp³-hybridized carbons (Fsp3) is 0.188. The number of carbonyl (C=O) groups is 1. The van der Waals surface area contributed by atoms with Gasteiger partial charge in [0.15, 0.2) is 0 Å². The topological polar surface area (TPSA) is 40.5 Å². The number of carboxylic acids is 1. The zero-order chi connectivity index (χ0) is 15.2. The van der Waals surface area contributed by atoms with Crippen molar-refractivity contribution in [1.29, 1.82) is 0 Å². The number of halogens is 2. The summed E-state index contributed by atoms with van der Waals surface area (Å²) in [6, 6.07) is 15.4. The van der Waals surface area contributed by atoms with Crippen molar-refractivity contribution in [2.24, 2.45) is 0 Å². The molecule has 0 spiro atoms. The van der Waals surface area contributed by atoms with Gasteiger partial charge in [0.05, 0.1) is 6.42 Å². The summed E-state index contributed by atoms with van der Waals surface area (Å²) in [5.74, 6) is -0.800. The molecule has 2 aromatic rings. The molecule has 110 valence electrons.